The van der Waals surface area contributed by atoms with Crippen LogP contribution in [0.1, 0.15) is 0 Å². The minimum atomic E-state index is 0.320. The van der Waals surface area contributed by atoms with Crippen molar-refractivity contribution in [3.8, 4) is 0 Å². The van der Waals surface area contributed by atoms with E-state index in [1.165, 1.54) is 2.88 Å². The van der Waals surface area contributed by atoms with E-state index in [4.69, 9.17) is 10.5 Å². The molecule has 0 radical (unpaired) electrons. The summed E-state index contributed by atoms with van der Waals surface area (Å²) in [6.45, 7) is 5.48. The predicted octanol–water partition coefficient (Wildman–Crippen LogP) is 1.62. The number of aromatic nitrogens is 2. The number of ether oxygens (including phenoxy) is 1. The molecule has 1 saturated heterocycles. The van der Waals surface area contributed by atoms with E-state index >= 15 is 0 Å². The van der Waals surface area contributed by atoms with Gasteiger partial charge in [-0.3, -0.25) is 4.90 Å². The molecule has 20 heavy (non-hydrogen) atoms. The Morgan fingerprint density at radius 2 is 2.20 bits per heavy atom. The van der Waals surface area contributed by atoms with E-state index in [0.717, 1.165) is 55.4 Å². The number of fused-ring (bicyclic) bond motifs is 1. The molecular formula is C12H16IN5OS. The molecule has 0 spiro atoms. The Balaban J connectivity index is 1.67. The normalized spacial score (nSPS) is 16.6. The molecule has 6 nitrogen and oxygen atoms in total. The van der Waals surface area contributed by atoms with Crippen LogP contribution in [0.5, 0.6) is 0 Å². The van der Waals surface area contributed by atoms with E-state index in [1.54, 1.807) is 11.3 Å². The van der Waals surface area contributed by atoms with E-state index in [2.05, 4.69) is 42.8 Å². The van der Waals surface area contributed by atoms with Gasteiger partial charge in [0.05, 0.1) is 26.3 Å². The van der Waals surface area contributed by atoms with Crippen molar-refractivity contribution in [2.45, 2.75) is 0 Å². The van der Waals surface area contributed by atoms with Crippen molar-refractivity contribution in [2.24, 2.45) is 0 Å². The van der Waals surface area contributed by atoms with Crippen LogP contribution in [-0.2, 0) is 4.74 Å². The van der Waals surface area contributed by atoms with Crippen molar-refractivity contribution in [2.75, 3.05) is 50.4 Å². The van der Waals surface area contributed by atoms with Crippen LogP contribution in [0, 0.1) is 2.88 Å². The van der Waals surface area contributed by atoms with Crippen LogP contribution in [0.4, 0.5) is 11.8 Å². The summed E-state index contributed by atoms with van der Waals surface area (Å²) in [6.07, 6.45) is 0. The summed E-state index contributed by atoms with van der Waals surface area (Å²) in [5.74, 6) is 1.16. The van der Waals surface area contributed by atoms with Gasteiger partial charge in [0.15, 0.2) is 0 Å². The molecule has 1 aliphatic heterocycles. The standard InChI is InChI=1S/C12H16IN5OS/c13-9-7-8-10(20-9)11(17-12(14)16-8)15-1-2-18-3-5-19-6-4-18/h7H,1-6H2,(H3,14,15,16,17). The van der Waals surface area contributed by atoms with Crippen molar-refractivity contribution < 1.29 is 4.74 Å². The molecule has 2 aromatic rings. The van der Waals surface area contributed by atoms with Gasteiger partial charge in [-0.1, -0.05) is 0 Å². The highest BCUT2D eigenvalue weighted by atomic mass is 127. The maximum Gasteiger partial charge on any atom is 0.222 e. The number of nitrogens with zero attached hydrogens (tertiary/aromatic N) is 3. The SMILES string of the molecule is Nc1nc(NCCN2CCOCC2)c2sc(I)cc2n1. The van der Waals surface area contributed by atoms with Gasteiger partial charge >= 0.3 is 0 Å². The second-order valence-electron chi connectivity index (χ2n) is 4.58. The summed E-state index contributed by atoms with van der Waals surface area (Å²) >= 11 is 3.98. The first-order chi connectivity index (χ1) is 9.72. The van der Waals surface area contributed by atoms with Gasteiger partial charge in [0.1, 0.15) is 5.82 Å². The first kappa shape index (κ1) is 14.2. The Morgan fingerprint density at radius 1 is 1.40 bits per heavy atom. The highest BCUT2D eigenvalue weighted by Crippen LogP contribution is 2.30. The van der Waals surface area contributed by atoms with Crippen LogP contribution in [0.25, 0.3) is 10.2 Å². The molecule has 3 N–H and O–H groups in total. The lowest BCUT2D eigenvalue weighted by atomic mass is 10.4. The number of halogens is 1. The van der Waals surface area contributed by atoms with E-state index in [9.17, 15) is 0 Å². The van der Waals surface area contributed by atoms with Gasteiger partial charge in [-0.05, 0) is 28.7 Å². The van der Waals surface area contributed by atoms with Crippen LogP contribution >= 0.6 is 33.9 Å². The fourth-order valence-corrected chi connectivity index (χ4v) is 3.94. The number of anilines is 2. The minimum Gasteiger partial charge on any atom is -0.379 e. The third kappa shape index (κ3) is 3.30. The third-order valence-electron chi connectivity index (χ3n) is 3.18. The summed E-state index contributed by atoms with van der Waals surface area (Å²) in [5, 5.41) is 3.38. The fourth-order valence-electron chi connectivity index (χ4n) is 2.20. The molecule has 3 heterocycles. The number of hydrogen-bond acceptors (Lipinski definition) is 7. The zero-order chi connectivity index (χ0) is 13.9. The minimum absolute atomic E-state index is 0.320. The molecular weight excluding hydrogens is 389 g/mol. The smallest absolute Gasteiger partial charge is 0.222 e. The molecule has 0 aliphatic carbocycles. The lowest BCUT2D eigenvalue weighted by molar-refractivity contribution is 0.0398. The van der Waals surface area contributed by atoms with Crippen LogP contribution in [-0.4, -0.2) is 54.3 Å². The zero-order valence-electron chi connectivity index (χ0n) is 10.9. The maximum atomic E-state index is 5.76. The van der Waals surface area contributed by atoms with Crippen LogP contribution in [0.2, 0.25) is 0 Å². The largest absolute Gasteiger partial charge is 0.379 e. The number of morpholine rings is 1. The molecule has 0 atom stereocenters. The summed E-state index contributed by atoms with van der Waals surface area (Å²) < 4.78 is 7.61. The van der Waals surface area contributed by atoms with Crippen LogP contribution in [0.3, 0.4) is 0 Å². The molecule has 0 unspecified atom stereocenters. The second-order valence-corrected chi connectivity index (χ2v) is 7.52. The number of nitrogen functional groups attached to an aromatic ring is 1. The monoisotopic (exact) mass is 405 g/mol. The summed E-state index contributed by atoms with van der Waals surface area (Å²) in [4.78, 5) is 11.0. The van der Waals surface area contributed by atoms with Gasteiger partial charge in [-0.15, -0.1) is 11.3 Å². The van der Waals surface area contributed by atoms with Crippen molar-refractivity contribution in [3.05, 3.63) is 8.95 Å². The summed E-state index contributed by atoms with van der Waals surface area (Å²) in [5.41, 5.74) is 6.68. The van der Waals surface area contributed by atoms with Crippen molar-refractivity contribution in [3.63, 3.8) is 0 Å². The predicted molar refractivity (Wildman–Crippen MR) is 90.3 cm³/mol. The number of hydrogen-bond donors (Lipinski definition) is 2. The fraction of sp³-hybridized carbons (Fsp3) is 0.500. The highest BCUT2D eigenvalue weighted by molar-refractivity contribution is 14.1. The molecule has 0 amide bonds. The van der Waals surface area contributed by atoms with Gasteiger partial charge in [0, 0.05) is 26.2 Å². The topological polar surface area (TPSA) is 76.3 Å². The molecule has 1 fully saturated rings. The van der Waals surface area contributed by atoms with E-state index < -0.39 is 0 Å². The Kier molecular flexibility index (Phi) is 4.54. The Hall–Kier alpha value is -0.710. The summed E-state index contributed by atoms with van der Waals surface area (Å²) in [7, 11) is 0. The van der Waals surface area contributed by atoms with Gasteiger partial charge in [0.2, 0.25) is 5.95 Å². The number of rotatable bonds is 4. The lowest BCUT2D eigenvalue weighted by Crippen LogP contribution is -2.39. The van der Waals surface area contributed by atoms with Gasteiger partial charge in [-0.2, -0.15) is 4.98 Å². The number of thiophene rings is 1. The van der Waals surface area contributed by atoms with E-state index in [0.29, 0.717) is 5.95 Å². The molecule has 1 aliphatic rings. The first-order valence-electron chi connectivity index (χ1n) is 6.49. The molecule has 3 rings (SSSR count). The highest BCUT2D eigenvalue weighted by Gasteiger charge is 2.12. The Bertz CT molecular complexity index is 599. The Morgan fingerprint density at radius 3 is 3.00 bits per heavy atom. The van der Waals surface area contributed by atoms with Crippen molar-refractivity contribution >= 4 is 55.9 Å². The van der Waals surface area contributed by atoms with E-state index in [1.807, 2.05) is 6.07 Å². The molecule has 108 valence electrons. The Labute approximate surface area is 134 Å². The molecule has 0 aromatic carbocycles. The summed E-state index contributed by atoms with van der Waals surface area (Å²) in [6, 6.07) is 2.03. The van der Waals surface area contributed by atoms with Crippen molar-refractivity contribution in [1.82, 2.24) is 14.9 Å². The quantitative estimate of drug-likeness (QED) is 0.754. The molecule has 8 heteroatoms. The average Bonchev–Trinajstić information content (AvgIpc) is 2.80. The van der Waals surface area contributed by atoms with Crippen LogP contribution in [0.15, 0.2) is 6.07 Å². The van der Waals surface area contributed by atoms with E-state index in [-0.39, 0.29) is 0 Å². The lowest BCUT2D eigenvalue weighted by Gasteiger charge is -2.26. The second kappa shape index (κ2) is 6.37. The van der Waals surface area contributed by atoms with Gasteiger partial charge in [0.25, 0.3) is 0 Å². The van der Waals surface area contributed by atoms with Crippen molar-refractivity contribution in [1.29, 1.82) is 0 Å². The maximum absolute atomic E-state index is 5.76. The third-order valence-corrected chi connectivity index (χ3v) is 5.07. The van der Waals surface area contributed by atoms with Gasteiger partial charge < -0.3 is 15.8 Å². The van der Waals surface area contributed by atoms with Crippen LogP contribution < -0.4 is 11.1 Å². The first-order valence-corrected chi connectivity index (χ1v) is 8.38. The van der Waals surface area contributed by atoms with Gasteiger partial charge in [-0.25, -0.2) is 4.98 Å². The zero-order valence-corrected chi connectivity index (χ0v) is 13.9. The molecule has 0 saturated carbocycles. The number of nitrogens with one attached hydrogen (secondary N) is 1. The molecule has 0 bridgehead atoms. The molecule has 2 aromatic heterocycles. The number of nitrogens with two attached hydrogens (primary N) is 1. The average molecular weight is 405 g/mol.